The lowest BCUT2D eigenvalue weighted by molar-refractivity contribution is 0.0942. The molecule has 9 nitrogen and oxygen atoms in total. The van der Waals surface area contributed by atoms with Crippen LogP contribution < -0.4 is 10.9 Å². The molecule has 0 unspecified atom stereocenters. The van der Waals surface area contributed by atoms with E-state index in [-0.39, 0.29) is 17.8 Å². The fraction of sp³-hybridized carbons (Fsp3) is 0.125. The Labute approximate surface area is 150 Å². The number of nitrogens with zero attached hydrogens (tertiary/aromatic N) is 6. The third-order valence-corrected chi connectivity index (χ3v) is 4.43. The van der Waals surface area contributed by atoms with Crippen LogP contribution in [0, 0.1) is 0 Å². The normalized spacial score (nSPS) is 11.0. The Bertz CT molecular complexity index is 1150. The lowest BCUT2D eigenvalue weighted by atomic mass is 10.2. The largest absolute Gasteiger partial charge is 0.343 e. The highest BCUT2D eigenvalue weighted by atomic mass is 32.1. The van der Waals surface area contributed by atoms with E-state index in [4.69, 9.17) is 0 Å². The molecule has 0 aliphatic rings. The first kappa shape index (κ1) is 16.1. The van der Waals surface area contributed by atoms with Gasteiger partial charge in [0.1, 0.15) is 5.69 Å². The topological polar surface area (TPSA) is 107 Å². The Morgan fingerprint density at radius 3 is 2.81 bits per heavy atom. The molecular weight excluding hydrogens is 354 g/mol. The molecule has 0 fully saturated rings. The van der Waals surface area contributed by atoms with Gasteiger partial charge in [-0.05, 0) is 29.6 Å². The number of thiophene rings is 1. The van der Waals surface area contributed by atoms with Crippen LogP contribution in [0.2, 0.25) is 0 Å². The second kappa shape index (κ2) is 6.48. The Morgan fingerprint density at radius 2 is 2.04 bits per heavy atom. The number of aromatic nitrogens is 6. The van der Waals surface area contributed by atoms with E-state index in [0.717, 1.165) is 15.9 Å². The van der Waals surface area contributed by atoms with Crippen LogP contribution in [0.1, 0.15) is 16.3 Å². The van der Waals surface area contributed by atoms with Crippen molar-refractivity contribution in [1.82, 2.24) is 34.9 Å². The number of hydrogen-bond acceptors (Lipinski definition) is 7. The molecule has 0 atom stereocenters. The Morgan fingerprint density at radius 1 is 1.15 bits per heavy atom. The number of carbonyl (C=O) groups excluding carboxylic acids is 1. The van der Waals surface area contributed by atoms with Gasteiger partial charge in [-0.3, -0.25) is 9.59 Å². The van der Waals surface area contributed by atoms with Crippen LogP contribution in [0.25, 0.3) is 16.9 Å². The lowest BCUT2D eigenvalue weighted by Crippen LogP contribution is -2.28. The van der Waals surface area contributed by atoms with Crippen LogP contribution in [0.15, 0.2) is 45.9 Å². The van der Waals surface area contributed by atoms with Crippen LogP contribution in [0.4, 0.5) is 0 Å². The molecular formula is C16H13N7O2S. The van der Waals surface area contributed by atoms with Gasteiger partial charge >= 0.3 is 0 Å². The summed E-state index contributed by atoms with van der Waals surface area (Å²) in [5.74, 6) is 0.0848. The molecule has 4 aromatic rings. The van der Waals surface area contributed by atoms with Crippen molar-refractivity contribution in [3.05, 3.63) is 63.0 Å². The molecule has 26 heavy (non-hydrogen) atoms. The summed E-state index contributed by atoms with van der Waals surface area (Å²) in [4.78, 5) is 23.6. The fourth-order valence-electron chi connectivity index (χ4n) is 2.38. The number of hydrogen-bond donors (Lipinski definition) is 1. The minimum atomic E-state index is -0.411. The van der Waals surface area contributed by atoms with Gasteiger partial charge in [0.15, 0.2) is 11.5 Å². The standard InChI is InChI=1S/C16H13N7O2S/c1-22-15(24)5-3-12(20-22)16(25)17-8-14-19-18-13-4-2-11(21-23(13)14)10-6-7-26-9-10/h2-7,9H,8H2,1H3,(H,17,25). The maximum absolute atomic E-state index is 12.2. The molecule has 1 amide bonds. The number of amides is 1. The zero-order chi connectivity index (χ0) is 18.1. The van der Waals surface area contributed by atoms with Crippen LogP contribution in [-0.2, 0) is 13.6 Å². The van der Waals surface area contributed by atoms with Gasteiger partial charge in [0.05, 0.1) is 12.2 Å². The summed E-state index contributed by atoms with van der Waals surface area (Å²) in [6, 6.07) is 8.36. The van der Waals surface area contributed by atoms with Gasteiger partial charge in [0.2, 0.25) is 0 Å². The summed E-state index contributed by atoms with van der Waals surface area (Å²) in [6.45, 7) is 0.130. The van der Waals surface area contributed by atoms with Crippen molar-refractivity contribution in [2.24, 2.45) is 7.05 Å². The first-order chi connectivity index (χ1) is 12.6. The first-order valence-corrected chi connectivity index (χ1v) is 8.62. The number of aryl methyl sites for hydroxylation is 1. The third kappa shape index (κ3) is 2.97. The summed E-state index contributed by atoms with van der Waals surface area (Å²) in [7, 11) is 1.49. The van der Waals surface area contributed by atoms with E-state index >= 15 is 0 Å². The predicted molar refractivity (Wildman–Crippen MR) is 94.7 cm³/mol. The van der Waals surface area contributed by atoms with Crippen LogP contribution in [0.5, 0.6) is 0 Å². The summed E-state index contributed by atoms with van der Waals surface area (Å²) in [6.07, 6.45) is 0. The Hall–Kier alpha value is -3.40. The molecule has 0 aliphatic carbocycles. The first-order valence-electron chi connectivity index (χ1n) is 7.68. The molecule has 0 bridgehead atoms. The summed E-state index contributed by atoms with van der Waals surface area (Å²) < 4.78 is 2.71. The van der Waals surface area contributed by atoms with Crippen molar-refractivity contribution < 1.29 is 4.79 Å². The molecule has 0 radical (unpaired) electrons. The molecule has 0 saturated heterocycles. The van der Waals surface area contributed by atoms with Gasteiger partial charge in [0.25, 0.3) is 11.5 Å². The monoisotopic (exact) mass is 367 g/mol. The Kier molecular flexibility index (Phi) is 4.01. The third-order valence-electron chi connectivity index (χ3n) is 3.74. The lowest BCUT2D eigenvalue weighted by Gasteiger charge is -2.05. The van der Waals surface area contributed by atoms with E-state index < -0.39 is 5.91 Å². The number of rotatable bonds is 4. The summed E-state index contributed by atoms with van der Waals surface area (Å²) in [5, 5.41) is 23.3. The molecule has 4 aromatic heterocycles. The summed E-state index contributed by atoms with van der Waals surface area (Å²) >= 11 is 1.59. The molecule has 10 heteroatoms. The van der Waals surface area contributed by atoms with Gasteiger partial charge in [-0.15, -0.1) is 10.2 Å². The molecule has 130 valence electrons. The minimum Gasteiger partial charge on any atom is -0.343 e. The van der Waals surface area contributed by atoms with E-state index in [2.05, 4.69) is 25.7 Å². The zero-order valence-electron chi connectivity index (χ0n) is 13.7. The van der Waals surface area contributed by atoms with Gasteiger partial charge in [-0.2, -0.15) is 26.0 Å². The van der Waals surface area contributed by atoms with Crippen molar-refractivity contribution in [3.63, 3.8) is 0 Å². The average Bonchev–Trinajstić information content (AvgIpc) is 3.31. The van der Waals surface area contributed by atoms with E-state index in [0.29, 0.717) is 11.5 Å². The minimum absolute atomic E-state index is 0.130. The Balaban J connectivity index is 1.57. The molecule has 0 spiro atoms. The van der Waals surface area contributed by atoms with Crippen molar-refractivity contribution in [1.29, 1.82) is 0 Å². The van der Waals surface area contributed by atoms with Crippen LogP contribution >= 0.6 is 11.3 Å². The molecule has 0 aromatic carbocycles. The SMILES string of the molecule is Cn1nc(C(=O)NCc2nnc3ccc(-c4ccsc4)nn23)ccc1=O. The quantitative estimate of drug-likeness (QED) is 0.574. The molecule has 1 N–H and O–H groups in total. The fourth-order valence-corrected chi connectivity index (χ4v) is 3.03. The van der Waals surface area contributed by atoms with E-state index in [9.17, 15) is 9.59 Å². The molecule has 4 heterocycles. The van der Waals surface area contributed by atoms with E-state index in [1.54, 1.807) is 15.9 Å². The molecule has 4 rings (SSSR count). The van der Waals surface area contributed by atoms with Crippen molar-refractivity contribution >= 4 is 22.9 Å². The average molecular weight is 367 g/mol. The maximum atomic E-state index is 12.2. The van der Waals surface area contributed by atoms with Crippen LogP contribution in [0.3, 0.4) is 0 Å². The second-order valence-electron chi connectivity index (χ2n) is 5.48. The number of fused-ring (bicyclic) bond motifs is 1. The predicted octanol–water partition coefficient (Wildman–Crippen LogP) is 0.876. The molecule has 0 saturated carbocycles. The maximum Gasteiger partial charge on any atom is 0.272 e. The van der Waals surface area contributed by atoms with Gasteiger partial charge in [0, 0.05) is 24.1 Å². The highest BCUT2D eigenvalue weighted by molar-refractivity contribution is 7.08. The smallest absolute Gasteiger partial charge is 0.272 e. The number of carbonyl (C=O) groups is 1. The van der Waals surface area contributed by atoms with Crippen LogP contribution in [-0.4, -0.2) is 35.5 Å². The highest BCUT2D eigenvalue weighted by Gasteiger charge is 2.12. The zero-order valence-corrected chi connectivity index (χ0v) is 14.5. The number of nitrogens with one attached hydrogen (secondary N) is 1. The molecule has 0 aliphatic heterocycles. The van der Waals surface area contributed by atoms with Crippen molar-refractivity contribution in [2.75, 3.05) is 0 Å². The highest BCUT2D eigenvalue weighted by Crippen LogP contribution is 2.20. The van der Waals surface area contributed by atoms with Crippen molar-refractivity contribution in [3.8, 4) is 11.3 Å². The van der Waals surface area contributed by atoms with E-state index in [1.165, 1.54) is 19.2 Å². The second-order valence-corrected chi connectivity index (χ2v) is 6.26. The van der Waals surface area contributed by atoms with Gasteiger partial charge < -0.3 is 5.32 Å². The van der Waals surface area contributed by atoms with E-state index in [1.807, 2.05) is 29.0 Å². The van der Waals surface area contributed by atoms with Gasteiger partial charge in [-0.25, -0.2) is 4.68 Å². The van der Waals surface area contributed by atoms with Crippen molar-refractivity contribution in [2.45, 2.75) is 6.54 Å². The summed E-state index contributed by atoms with van der Waals surface area (Å²) in [5.41, 5.74) is 2.26. The van der Waals surface area contributed by atoms with Gasteiger partial charge in [-0.1, -0.05) is 0 Å².